The van der Waals surface area contributed by atoms with Gasteiger partial charge >= 0.3 is 6.18 Å². The molecule has 3 rings (SSSR count). The van der Waals surface area contributed by atoms with E-state index in [1.54, 1.807) is 0 Å². The van der Waals surface area contributed by atoms with Crippen molar-refractivity contribution in [3.05, 3.63) is 46.5 Å². The van der Waals surface area contributed by atoms with E-state index in [4.69, 9.17) is 4.52 Å². The van der Waals surface area contributed by atoms with Crippen LogP contribution in [-0.4, -0.2) is 38.2 Å². The number of aromatic nitrogens is 3. The smallest absolute Gasteiger partial charge is 0.343 e. The lowest BCUT2D eigenvalue weighted by Crippen LogP contribution is -2.36. The third-order valence-electron chi connectivity index (χ3n) is 4.27. The zero-order valence-corrected chi connectivity index (χ0v) is 13.8. The molecule has 0 aromatic carbocycles. The number of carbonyl (C=O) groups is 1. The van der Waals surface area contributed by atoms with E-state index in [1.165, 1.54) is 17.4 Å². The molecule has 0 radical (unpaired) electrons. The highest BCUT2D eigenvalue weighted by molar-refractivity contribution is 5.94. The van der Waals surface area contributed by atoms with E-state index in [1.807, 2.05) is 0 Å². The Morgan fingerprint density at radius 1 is 1.27 bits per heavy atom. The van der Waals surface area contributed by atoms with Gasteiger partial charge in [-0.3, -0.25) is 9.59 Å². The highest BCUT2D eigenvalue weighted by Gasteiger charge is 2.32. The van der Waals surface area contributed by atoms with Crippen LogP contribution in [-0.2, 0) is 6.54 Å². The molecule has 1 aliphatic rings. The summed E-state index contributed by atoms with van der Waals surface area (Å²) in [7, 11) is 0. The molecule has 2 aromatic rings. The number of amides is 1. The minimum Gasteiger partial charge on any atom is -0.343 e. The number of carbonyl (C=O) groups excluding carboxylic acids is 1. The van der Waals surface area contributed by atoms with Gasteiger partial charge in [0.05, 0.1) is 11.6 Å². The van der Waals surface area contributed by atoms with Crippen LogP contribution in [0.4, 0.5) is 13.2 Å². The number of hydrogen-bond donors (Lipinski definition) is 0. The van der Waals surface area contributed by atoms with Crippen LogP contribution >= 0.6 is 0 Å². The second kappa shape index (κ2) is 7.30. The monoisotopic (exact) mass is 370 g/mol. The van der Waals surface area contributed by atoms with Crippen LogP contribution in [0.5, 0.6) is 0 Å². The van der Waals surface area contributed by atoms with Crippen LogP contribution in [0.3, 0.4) is 0 Å². The van der Waals surface area contributed by atoms with Gasteiger partial charge < -0.3 is 14.0 Å². The standard InChI is InChI=1S/C16H17F3N4O3/c17-16(18,19)9-22-8-11(5-6-13(22)24)15(25)23-7-3-1-2-4-12(23)14-20-10-26-21-14/h5-6,8,10,12H,1-4,7,9H2. The lowest BCUT2D eigenvalue weighted by Gasteiger charge is -2.28. The normalized spacial score (nSPS) is 18.6. The molecule has 10 heteroatoms. The molecule has 1 amide bonds. The molecule has 0 spiro atoms. The van der Waals surface area contributed by atoms with Crippen molar-refractivity contribution < 1.29 is 22.5 Å². The maximum absolute atomic E-state index is 12.9. The molecule has 3 heterocycles. The number of nitrogens with zero attached hydrogens (tertiary/aromatic N) is 4. The molecule has 1 atom stereocenters. The third kappa shape index (κ3) is 4.12. The number of rotatable bonds is 3. The number of hydrogen-bond acceptors (Lipinski definition) is 5. The SMILES string of the molecule is O=C(c1ccc(=O)n(CC(F)(F)F)c1)N1CCCCCC1c1ncon1. The van der Waals surface area contributed by atoms with Gasteiger partial charge in [-0.05, 0) is 18.9 Å². The third-order valence-corrected chi connectivity index (χ3v) is 4.27. The largest absolute Gasteiger partial charge is 0.406 e. The Hall–Kier alpha value is -2.65. The zero-order chi connectivity index (χ0) is 18.7. The van der Waals surface area contributed by atoms with Gasteiger partial charge in [0, 0.05) is 18.8 Å². The van der Waals surface area contributed by atoms with Crippen molar-refractivity contribution in [1.82, 2.24) is 19.6 Å². The summed E-state index contributed by atoms with van der Waals surface area (Å²) in [4.78, 5) is 30.1. The average Bonchev–Trinajstić information content (AvgIpc) is 2.99. The van der Waals surface area contributed by atoms with Gasteiger partial charge in [-0.2, -0.15) is 18.2 Å². The van der Waals surface area contributed by atoms with Crippen LogP contribution in [0.15, 0.2) is 34.0 Å². The van der Waals surface area contributed by atoms with Crippen molar-refractivity contribution >= 4 is 5.91 Å². The lowest BCUT2D eigenvalue weighted by atomic mass is 10.1. The molecule has 0 aliphatic carbocycles. The zero-order valence-electron chi connectivity index (χ0n) is 13.8. The lowest BCUT2D eigenvalue weighted by molar-refractivity contribution is -0.141. The predicted octanol–water partition coefficient (Wildman–Crippen LogP) is 2.55. The Morgan fingerprint density at radius 3 is 2.77 bits per heavy atom. The molecule has 1 aliphatic heterocycles. The summed E-state index contributed by atoms with van der Waals surface area (Å²) >= 11 is 0. The summed E-state index contributed by atoms with van der Waals surface area (Å²) in [6, 6.07) is 1.81. The minimum atomic E-state index is -4.55. The van der Waals surface area contributed by atoms with Crippen molar-refractivity contribution in [3.8, 4) is 0 Å². The van der Waals surface area contributed by atoms with E-state index >= 15 is 0 Å². The first kappa shape index (κ1) is 18.2. The Bertz CT molecular complexity index is 817. The number of halogens is 3. The van der Waals surface area contributed by atoms with Gasteiger partial charge in [0.1, 0.15) is 6.54 Å². The van der Waals surface area contributed by atoms with E-state index in [2.05, 4.69) is 10.1 Å². The Kier molecular flexibility index (Phi) is 5.10. The molecule has 7 nitrogen and oxygen atoms in total. The van der Waals surface area contributed by atoms with E-state index < -0.39 is 30.2 Å². The summed E-state index contributed by atoms with van der Waals surface area (Å²) in [5.74, 6) is -0.0958. The highest BCUT2D eigenvalue weighted by atomic mass is 19.4. The first-order valence-electron chi connectivity index (χ1n) is 8.19. The number of alkyl halides is 3. The molecule has 140 valence electrons. The van der Waals surface area contributed by atoms with Crippen LogP contribution in [0.25, 0.3) is 0 Å². The maximum Gasteiger partial charge on any atom is 0.406 e. The van der Waals surface area contributed by atoms with Crippen molar-refractivity contribution in [1.29, 1.82) is 0 Å². The minimum absolute atomic E-state index is 0.0178. The summed E-state index contributed by atoms with van der Waals surface area (Å²) in [5.41, 5.74) is -0.797. The van der Waals surface area contributed by atoms with Gasteiger partial charge in [0.25, 0.3) is 11.5 Å². The molecule has 26 heavy (non-hydrogen) atoms. The van der Waals surface area contributed by atoms with E-state index in [9.17, 15) is 22.8 Å². The fraction of sp³-hybridized carbons (Fsp3) is 0.500. The fourth-order valence-electron chi connectivity index (χ4n) is 3.09. The van der Waals surface area contributed by atoms with Crippen molar-refractivity contribution in [3.63, 3.8) is 0 Å². The number of pyridine rings is 1. The van der Waals surface area contributed by atoms with Gasteiger partial charge in [-0.1, -0.05) is 18.0 Å². The molecule has 0 bridgehead atoms. The van der Waals surface area contributed by atoms with Gasteiger partial charge in [0.15, 0.2) is 5.82 Å². The quantitative estimate of drug-likeness (QED) is 0.829. The maximum atomic E-state index is 12.9. The van der Waals surface area contributed by atoms with Crippen LogP contribution in [0, 0.1) is 0 Å². The first-order valence-corrected chi connectivity index (χ1v) is 8.19. The Balaban J connectivity index is 1.91. The van der Waals surface area contributed by atoms with Crippen molar-refractivity contribution in [2.45, 2.75) is 44.4 Å². The summed E-state index contributed by atoms with van der Waals surface area (Å²) in [5, 5.41) is 3.80. The second-order valence-corrected chi connectivity index (χ2v) is 6.15. The molecule has 1 unspecified atom stereocenters. The van der Waals surface area contributed by atoms with Crippen LogP contribution in [0.1, 0.15) is 47.9 Å². The Labute approximate surface area is 146 Å². The van der Waals surface area contributed by atoms with E-state index in [0.717, 1.165) is 31.5 Å². The van der Waals surface area contributed by atoms with Gasteiger partial charge in [-0.15, -0.1) is 0 Å². The first-order chi connectivity index (χ1) is 12.3. The fourth-order valence-corrected chi connectivity index (χ4v) is 3.09. The summed E-state index contributed by atoms with van der Waals surface area (Å²) in [6.07, 6.45) is 0.766. The molecule has 0 saturated carbocycles. The van der Waals surface area contributed by atoms with Crippen molar-refractivity contribution in [2.24, 2.45) is 0 Å². The molecule has 0 N–H and O–H groups in total. The summed E-state index contributed by atoms with van der Waals surface area (Å²) < 4.78 is 43.1. The summed E-state index contributed by atoms with van der Waals surface area (Å²) in [6.45, 7) is -1.02. The van der Waals surface area contributed by atoms with Crippen LogP contribution < -0.4 is 5.56 Å². The Morgan fingerprint density at radius 2 is 2.08 bits per heavy atom. The molecule has 1 fully saturated rings. The molecule has 1 saturated heterocycles. The molecule has 2 aromatic heterocycles. The number of likely N-dealkylation sites (tertiary alicyclic amines) is 1. The van der Waals surface area contributed by atoms with E-state index in [-0.39, 0.29) is 5.56 Å². The van der Waals surface area contributed by atoms with E-state index in [0.29, 0.717) is 23.4 Å². The highest BCUT2D eigenvalue weighted by Crippen LogP contribution is 2.29. The predicted molar refractivity (Wildman–Crippen MR) is 83.3 cm³/mol. The van der Waals surface area contributed by atoms with Crippen LogP contribution in [0.2, 0.25) is 0 Å². The van der Waals surface area contributed by atoms with Crippen molar-refractivity contribution in [2.75, 3.05) is 6.54 Å². The topological polar surface area (TPSA) is 81.2 Å². The second-order valence-electron chi connectivity index (χ2n) is 6.15. The average molecular weight is 370 g/mol. The van der Waals surface area contributed by atoms with Gasteiger partial charge in [0.2, 0.25) is 6.39 Å². The molecular weight excluding hydrogens is 353 g/mol. The van der Waals surface area contributed by atoms with Gasteiger partial charge in [-0.25, -0.2) is 0 Å². The molecular formula is C16H17F3N4O3.